The predicted octanol–water partition coefficient (Wildman–Crippen LogP) is 4.43. The number of aromatic amines is 1. The molecule has 0 saturated heterocycles. The van der Waals surface area contributed by atoms with Crippen LogP contribution in [-0.2, 0) is 23.8 Å². The van der Waals surface area contributed by atoms with Crippen molar-refractivity contribution in [3.8, 4) is 0 Å². The zero-order valence-corrected chi connectivity index (χ0v) is 13.7. The molecule has 1 aromatic heterocycles. The van der Waals surface area contributed by atoms with Crippen LogP contribution in [0.5, 0.6) is 0 Å². The minimum atomic E-state index is -1.26. The van der Waals surface area contributed by atoms with Gasteiger partial charge < -0.3 is 9.71 Å². The van der Waals surface area contributed by atoms with E-state index in [1.807, 2.05) is 42.5 Å². The first-order valence-electron chi connectivity index (χ1n) is 7.60. The molecule has 0 aliphatic rings. The Kier molecular flexibility index (Phi) is 4.29. The van der Waals surface area contributed by atoms with E-state index in [0.717, 1.165) is 34.3 Å². The number of hydrogen-bond acceptors (Lipinski definition) is 1. The van der Waals surface area contributed by atoms with Crippen molar-refractivity contribution in [2.45, 2.75) is 31.6 Å². The number of benzene rings is 2. The first-order valence-corrected chi connectivity index (χ1v) is 8.75. The van der Waals surface area contributed by atoms with Gasteiger partial charge in [0.1, 0.15) is 11.0 Å². The van der Waals surface area contributed by atoms with Crippen molar-refractivity contribution in [1.29, 1.82) is 0 Å². The van der Waals surface area contributed by atoms with Gasteiger partial charge in [-0.1, -0.05) is 38.1 Å². The summed E-state index contributed by atoms with van der Waals surface area (Å²) in [5.74, 6) is 0. The van der Waals surface area contributed by atoms with Gasteiger partial charge in [-0.3, -0.25) is 0 Å². The van der Waals surface area contributed by atoms with Crippen LogP contribution < -0.4 is 4.72 Å². The Labute approximate surface area is 133 Å². The molecule has 0 amide bonds. The van der Waals surface area contributed by atoms with Crippen molar-refractivity contribution in [2.24, 2.45) is 0 Å². The van der Waals surface area contributed by atoms with Gasteiger partial charge in [0.2, 0.25) is 0 Å². The van der Waals surface area contributed by atoms with Gasteiger partial charge in [0, 0.05) is 16.6 Å². The molecule has 0 aliphatic heterocycles. The summed E-state index contributed by atoms with van der Waals surface area (Å²) in [6.45, 7) is 4.31. The lowest BCUT2D eigenvalue weighted by molar-refractivity contribution is 0.686. The van der Waals surface area contributed by atoms with Crippen LogP contribution in [0, 0.1) is 0 Å². The highest BCUT2D eigenvalue weighted by molar-refractivity contribution is 7.86. The smallest absolute Gasteiger partial charge is 0.150 e. The van der Waals surface area contributed by atoms with E-state index in [4.69, 9.17) is 0 Å². The van der Waals surface area contributed by atoms with E-state index in [1.54, 1.807) is 0 Å². The molecule has 0 aliphatic carbocycles. The van der Waals surface area contributed by atoms with E-state index in [0.29, 0.717) is 0 Å². The van der Waals surface area contributed by atoms with E-state index in [-0.39, 0.29) is 0 Å². The maximum atomic E-state index is 12.5. The van der Waals surface area contributed by atoms with Gasteiger partial charge in [0.05, 0.1) is 10.6 Å². The Morgan fingerprint density at radius 3 is 2.45 bits per heavy atom. The summed E-state index contributed by atoms with van der Waals surface area (Å²) >= 11 is 0. The first kappa shape index (κ1) is 14.9. The Hall–Kier alpha value is -2.07. The van der Waals surface area contributed by atoms with Gasteiger partial charge in [0.15, 0.2) is 0 Å². The minimum absolute atomic E-state index is 0.781. The summed E-state index contributed by atoms with van der Waals surface area (Å²) in [6, 6.07) is 15.5. The van der Waals surface area contributed by atoms with Crippen LogP contribution in [0.3, 0.4) is 0 Å². The minimum Gasteiger partial charge on any atom is -0.358 e. The molecule has 3 nitrogen and oxygen atoms in total. The number of aromatic nitrogens is 1. The number of fused-ring (bicyclic) bond motifs is 1. The van der Waals surface area contributed by atoms with Gasteiger partial charge in [-0.05, 0) is 42.7 Å². The highest BCUT2D eigenvalue weighted by atomic mass is 32.2. The van der Waals surface area contributed by atoms with Crippen LogP contribution in [0.15, 0.2) is 53.4 Å². The fraction of sp³-hybridized carbons (Fsp3) is 0.222. The maximum Gasteiger partial charge on any atom is 0.150 e. The Morgan fingerprint density at radius 1 is 1.00 bits per heavy atom. The lowest BCUT2D eigenvalue weighted by Crippen LogP contribution is -2.05. The van der Waals surface area contributed by atoms with Crippen molar-refractivity contribution >= 4 is 27.6 Å². The zero-order valence-electron chi connectivity index (χ0n) is 12.8. The van der Waals surface area contributed by atoms with Gasteiger partial charge in [-0.15, -0.1) is 0 Å². The molecule has 3 rings (SSSR count). The summed E-state index contributed by atoms with van der Waals surface area (Å²) in [7, 11) is -1.26. The van der Waals surface area contributed by atoms with Crippen molar-refractivity contribution in [2.75, 3.05) is 4.72 Å². The fourth-order valence-electron chi connectivity index (χ4n) is 2.85. The topological polar surface area (TPSA) is 44.9 Å². The molecule has 0 spiro atoms. The van der Waals surface area contributed by atoms with Crippen LogP contribution in [-0.4, -0.2) is 9.19 Å². The SMILES string of the molecule is CCc1[nH]c2cccc(NS(=O)c3ccccc3)c2c1CC. The van der Waals surface area contributed by atoms with Crippen molar-refractivity contribution < 1.29 is 4.21 Å². The van der Waals surface area contributed by atoms with Crippen LogP contribution in [0.1, 0.15) is 25.1 Å². The average molecular weight is 312 g/mol. The summed E-state index contributed by atoms with van der Waals surface area (Å²) in [5.41, 5.74) is 4.60. The number of hydrogen-bond donors (Lipinski definition) is 2. The van der Waals surface area contributed by atoms with Gasteiger partial charge in [-0.2, -0.15) is 0 Å². The molecule has 0 fully saturated rings. The van der Waals surface area contributed by atoms with Crippen LogP contribution in [0.25, 0.3) is 10.9 Å². The lowest BCUT2D eigenvalue weighted by atomic mass is 10.1. The Balaban J connectivity index is 2.04. The van der Waals surface area contributed by atoms with E-state index in [2.05, 4.69) is 29.6 Å². The number of H-pyrrole nitrogens is 1. The monoisotopic (exact) mass is 312 g/mol. The van der Waals surface area contributed by atoms with E-state index >= 15 is 0 Å². The van der Waals surface area contributed by atoms with E-state index in [9.17, 15) is 4.21 Å². The highest BCUT2D eigenvalue weighted by Crippen LogP contribution is 2.31. The highest BCUT2D eigenvalue weighted by Gasteiger charge is 2.14. The third-order valence-corrected chi connectivity index (χ3v) is 4.99. The van der Waals surface area contributed by atoms with Crippen LogP contribution >= 0.6 is 0 Å². The molecule has 1 heterocycles. The molecule has 4 heteroatoms. The summed E-state index contributed by atoms with van der Waals surface area (Å²) in [5, 5.41) is 1.16. The molecular formula is C18H20N2OS. The molecule has 0 bridgehead atoms. The second kappa shape index (κ2) is 6.36. The Bertz CT molecular complexity index is 809. The molecule has 22 heavy (non-hydrogen) atoms. The lowest BCUT2D eigenvalue weighted by Gasteiger charge is -2.09. The van der Waals surface area contributed by atoms with E-state index < -0.39 is 11.0 Å². The number of anilines is 1. The molecule has 0 saturated carbocycles. The van der Waals surface area contributed by atoms with Gasteiger partial charge in [-0.25, -0.2) is 4.21 Å². The quantitative estimate of drug-likeness (QED) is 0.719. The molecule has 1 unspecified atom stereocenters. The van der Waals surface area contributed by atoms with Gasteiger partial charge >= 0.3 is 0 Å². The second-order valence-corrected chi connectivity index (χ2v) is 6.41. The van der Waals surface area contributed by atoms with Crippen molar-refractivity contribution in [1.82, 2.24) is 4.98 Å². The Morgan fingerprint density at radius 2 is 1.77 bits per heavy atom. The third kappa shape index (κ3) is 2.66. The number of rotatable bonds is 5. The molecular weight excluding hydrogens is 292 g/mol. The maximum absolute atomic E-state index is 12.5. The first-order chi connectivity index (χ1) is 10.7. The third-order valence-electron chi connectivity index (χ3n) is 3.88. The zero-order chi connectivity index (χ0) is 15.5. The summed E-state index contributed by atoms with van der Waals surface area (Å²) in [4.78, 5) is 4.26. The largest absolute Gasteiger partial charge is 0.358 e. The van der Waals surface area contributed by atoms with Gasteiger partial charge in [0.25, 0.3) is 0 Å². The molecule has 2 N–H and O–H groups in total. The second-order valence-electron chi connectivity index (χ2n) is 5.20. The predicted molar refractivity (Wildman–Crippen MR) is 93.5 cm³/mol. The van der Waals surface area contributed by atoms with Crippen molar-refractivity contribution in [3.05, 3.63) is 59.8 Å². The average Bonchev–Trinajstić information content (AvgIpc) is 2.94. The number of aryl methyl sites for hydroxylation is 2. The fourth-order valence-corrected chi connectivity index (χ4v) is 3.74. The molecule has 1 atom stereocenters. The standard InChI is InChI=1S/C18H20N2OS/c1-3-14-15(4-2)19-16-11-8-12-17(18(14)16)20-22(21)13-9-6-5-7-10-13/h5-12,19-20H,3-4H2,1-2H3. The van der Waals surface area contributed by atoms with E-state index in [1.165, 1.54) is 11.3 Å². The summed E-state index contributed by atoms with van der Waals surface area (Å²) in [6.07, 6.45) is 1.93. The molecule has 3 aromatic rings. The number of nitrogens with one attached hydrogen (secondary N) is 2. The molecule has 2 aromatic carbocycles. The normalized spacial score (nSPS) is 12.5. The van der Waals surface area contributed by atoms with Crippen molar-refractivity contribution in [3.63, 3.8) is 0 Å². The molecule has 114 valence electrons. The molecule has 0 radical (unpaired) electrons. The van der Waals surface area contributed by atoms with Crippen LogP contribution in [0.4, 0.5) is 5.69 Å². The summed E-state index contributed by atoms with van der Waals surface area (Å²) < 4.78 is 15.7. The van der Waals surface area contributed by atoms with Crippen LogP contribution in [0.2, 0.25) is 0 Å².